The molecule has 0 aromatic heterocycles. The molecule has 0 spiro atoms. The number of anilines is 1. The van der Waals surface area contributed by atoms with E-state index in [2.05, 4.69) is 0 Å². The lowest BCUT2D eigenvalue weighted by Crippen LogP contribution is -2.46. The van der Waals surface area contributed by atoms with Crippen molar-refractivity contribution in [3.63, 3.8) is 0 Å². The second-order valence-corrected chi connectivity index (χ2v) is 6.15. The summed E-state index contributed by atoms with van der Waals surface area (Å²) in [6.07, 6.45) is 1.76. The van der Waals surface area contributed by atoms with Crippen LogP contribution in [0.5, 0.6) is 0 Å². The molecule has 3 rings (SSSR count). The Morgan fingerprint density at radius 2 is 2.10 bits per heavy atom. The van der Waals surface area contributed by atoms with Gasteiger partial charge in [0.15, 0.2) is 5.78 Å². The average molecular weight is 291 g/mol. The Bertz CT molecular complexity index is 552. The number of nitrogens with zero attached hydrogens (tertiary/aromatic N) is 1. The molecule has 5 heteroatoms. The van der Waals surface area contributed by atoms with Crippen LogP contribution in [0.15, 0.2) is 23.1 Å². The highest BCUT2D eigenvalue weighted by atomic mass is 32.2. The maximum absolute atomic E-state index is 12.3. The molecule has 2 heterocycles. The van der Waals surface area contributed by atoms with Crippen LogP contribution in [-0.2, 0) is 9.53 Å². The Morgan fingerprint density at radius 3 is 2.80 bits per heavy atom. The first kappa shape index (κ1) is 13.6. The highest BCUT2D eigenvalue weighted by Crippen LogP contribution is 2.38. The molecule has 0 radical (unpaired) electrons. The molecule has 0 atom stereocenters. The summed E-state index contributed by atoms with van der Waals surface area (Å²) in [7, 11) is 0. The number of ether oxygens (including phenoxy) is 1. The van der Waals surface area contributed by atoms with E-state index < -0.39 is 0 Å². The predicted octanol–water partition coefficient (Wildman–Crippen LogP) is 2.51. The van der Waals surface area contributed by atoms with E-state index in [9.17, 15) is 9.59 Å². The minimum Gasteiger partial charge on any atom is -0.381 e. The molecule has 2 aliphatic rings. The molecule has 1 aromatic rings. The van der Waals surface area contributed by atoms with Gasteiger partial charge in [-0.1, -0.05) is 0 Å². The van der Waals surface area contributed by atoms with E-state index in [-0.39, 0.29) is 17.7 Å². The van der Waals surface area contributed by atoms with Crippen LogP contribution in [0.2, 0.25) is 0 Å². The van der Waals surface area contributed by atoms with Crippen LogP contribution in [0.4, 0.5) is 5.69 Å². The minimum absolute atomic E-state index is 0.0583. The van der Waals surface area contributed by atoms with Crippen LogP contribution in [-0.4, -0.2) is 36.7 Å². The lowest BCUT2D eigenvalue weighted by molar-refractivity contribution is -0.117. The standard InChI is InChI=1S/C15H17NO3S/c1-10(17)11-2-3-13-14(8-11)20-9-15(18)16(13)12-4-6-19-7-5-12/h2-3,8,12H,4-7,9H2,1H3. The molecule has 20 heavy (non-hydrogen) atoms. The van der Waals surface area contributed by atoms with Crippen LogP contribution in [0.3, 0.4) is 0 Å². The lowest BCUT2D eigenvalue weighted by Gasteiger charge is -2.37. The second-order valence-electron chi connectivity index (χ2n) is 5.13. The van der Waals surface area contributed by atoms with Gasteiger partial charge in [0, 0.05) is 29.7 Å². The second kappa shape index (κ2) is 5.58. The third-order valence-electron chi connectivity index (χ3n) is 3.80. The van der Waals surface area contributed by atoms with Gasteiger partial charge in [0.2, 0.25) is 5.91 Å². The first-order chi connectivity index (χ1) is 9.66. The molecule has 106 valence electrons. The molecule has 1 aromatic carbocycles. The first-order valence-corrected chi connectivity index (χ1v) is 7.83. The average Bonchev–Trinajstić information content (AvgIpc) is 2.47. The summed E-state index contributed by atoms with van der Waals surface area (Å²) < 4.78 is 5.38. The summed E-state index contributed by atoms with van der Waals surface area (Å²) in [5, 5.41) is 0. The van der Waals surface area contributed by atoms with E-state index in [1.807, 2.05) is 23.1 Å². The summed E-state index contributed by atoms with van der Waals surface area (Å²) in [5.74, 6) is 0.666. The number of fused-ring (bicyclic) bond motifs is 1. The topological polar surface area (TPSA) is 46.6 Å². The van der Waals surface area contributed by atoms with Crippen molar-refractivity contribution in [1.29, 1.82) is 0 Å². The van der Waals surface area contributed by atoms with Gasteiger partial charge in [-0.05, 0) is 38.0 Å². The molecule has 0 bridgehead atoms. The molecule has 1 saturated heterocycles. The number of hydrogen-bond acceptors (Lipinski definition) is 4. The van der Waals surface area contributed by atoms with Crippen molar-refractivity contribution in [3.8, 4) is 0 Å². The van der Waals surface area contributed by atoms with Gasteiger partial charge in [-0.15, -0.1) is 11.8 Å². The van der Waals surface area contributed by atoms with Crippen molar-refractivity contribution in [3.05, 3.63) is 23.8 Å². The van der Waals surface area contributed by atoms with Gasteiger partial charge in [-0.3, -0.25) is 9.59 Å². The van der Waals surface area contributed by atoms with Gasteiger partial charge in [-0.25, -0.2) is 0 Å². The van der Waals surface area contributed by atoms with Crippen molar-refractivity contribution in [1.82, 2.24) is 0 Å². The Labute approximate surface area is 122 Å². The van der Waals surface area contributed by atoms with Gasteiger partial charge in [0.1, 0.15) is 0 Å². The van der Waals surface area contributed by atoms with Gasteiger partial charge in [0.25, 0.3) is 0 Å². The van der Waals surface area contributed by atoms with Crippen molar-refractivity contribution >= 4 is 29.1 Å². The molecule has 0 unspecified atom stereocenters. The number of thioether (sulfide) groups is 1. The largest absolute Gasteiger partial charge is 0.381 e. The van der Waals surface area contributed by atoms with Crippen molar-refractivity contribution < 1.29 is 14.3 Å². The number of hydrogen-bond donors (Lipinski definition) is 0. The van der Waals surface area contributed by atoms with E-state index in [1.165, 1.54) is 11.8 Å². The Morgan fingerprint density at radius 1 is 1.35 bits per heavy atom. The summed E-state index contributed by atoms with van der Waals surface area (Å²) in [6.45, 7) is 2.99. The van der Waals surface area contributed by atoms with Gasteiger partial charge in [0.05, 0.1) is 11.4 Å². The van der Waals surface area contributed by atoms with Crippen LogP contribution < -0.4 is 4.90 Å². The number of amides is 1. The zero-order valence-corrected chi connectivity index (χ0v) is 12.2. The molecule has 4 nitrogen and oxygen atoms in total. The Hall–Kier alpha value is -1.33. The monoisotopic (exact) mass is 291 g/mol. The van der Waals surface area contributed by atoms with E-state index in [0.717, 1.165) is 23.4 Å². The van der Waals surface area contributed by atoms with Crippen molar-refractivity contribution in [2.45, 2.75) is 30.7 Å². The van der Waals surface area contributed by atoms with Gasteiger partial charge >= 0.3 is 0 Å². The van der Waals surface area contributed by atoms with E-state index >= 15 is 0 Å². The van der Waals surface area contributed by atoms with Crippen LogP contribution >= 0.6 is 11.8 Å². The SMILES string of the molecule is CC(=O)c1ccc2c(c1)SCC(=O)N2C1CCOCC1. The van der Waals surface area contributed by atoms with Crippen LogP contribution in [0.25, 0.3) is 0 Å². The molecule has 1 amide bonds. The Balaban J connectivity index is 1.96. The first-order valence-electron chi connectivity index (χ1n) is 6.84. The highest BCUT2D eigenvalue weighted by molar-refractivity contribution is 8.00. The number of carbonyl (C=O) groups excluding carboxylic acids is 2. The lowest BCUT2D eigenvalue weighted by atomic mass is 10.0. The summed E-state index contributed by atoms with van der Waals surface area (Å²) in [4.78, 5) is 26.7. The number of rotatable bonds is 2. The van der Waals surface area contributed by atoms with E-state index in [4.69, 9.17) is 4.74 Å². The van der Waals surface area contributed by atoms with E-state index in [0.29, 0.717) is 24.5 Å². The molecule has 0 saturated carbocycles. The van der Waals surface area contributed by atoms with Crippen molar-refractivity contribution in [2.24, 2.45) is 0 Å². The molecular weight excluding hydrogens is 274 g/mol. The third kappa shape index (κ3) is 2.47. The summed E-state index contributed by atoms with van der Waals surface area (Å²) in [5.41, 5.74) is 1.65. The smallest absolute Gasteiger partial charge is 0.237 e. The number of ketones is 1. The number of benzene rings is 1. The highest BCUT2D eigenvalue weighted by Gasteiger charge is 2.32. The van der Waals surface area contributed by atoms with E-state index in [1.54, 1.807) is 6.92 Å². The molecule has 0 aliphatic carbocycles. The van der Waals surface area contributed by atoms with Crippen LogP contribution in [0.1, 0.15) is 30.1 Å². The molecule has 0 N–H and O–H groups in total. The van der Waals surface area contributed by atoms with Crippen LogP contribution in [0, 0.1) is 0 Å². The van der Waals surface area contributed by atoms with Gasteiger partial charge in [-0.2, -0.15) is 0 Å². The number of carbonyl (C=O) groups is 2. The maximum atomic E-state index is 12.3. The third-order valence-corrected chi connectivity index (χ3v) is 4.83. The van der Waals surface area contributed by atoms with Crippen molar-refractivity contribution in [2.75, 3.05) is 23.9 Å². The summed E-state index contributed by atoms with van der Waals surface area (Å²) >= 11 is 1.52. The minimum atomic E-state index is 0.0583. The maximum Gasteiger partial charge on any atom is 0.237 e. The zero-order chi connectivity index (χ0) is 14.1. The zero-order valence-electron chi connectivity index (χ0n) is 11.4. The van der Waals surface area contributed by atoms with Gasteiger partial charge < -0.3 is 9.64 Å². The normalized spacial score (nSPS) is 19.9. The summed E-state index contributed by atoms with van der Waals surface area (Å²) in [6, 6.07) is 5.85. The predicted molar refractivity (Wildman–Crippen MR) is 78.5 cm³/mol. The fourth-order valence-corrected chi connectivity index (χ4v) is 3.68. The fraction of sp³-hybridized carbons (Fsp3) is 0.467. The Kier molecular flexibility index (Phi) is 3.81. The molecule has 2 aliphatic heterocycles. The number of Topliss-reactive ketones (excluding diaryl/α,β-unsaturated/α-hetero) is 1. The molecule has 1 fully saturated rings. The fourth-order valence-electron chi connectivity index (χ4n) is 2.73. The molecular formula is C15H17NO3S. The quantitative estimate of drug-likeness (QED) is 0.786.